The molecule has 2 aromatic carbocycles. The molecule has 3 heterocycles. The van der Waals surface area contributed by atoms with Gasteiger partial charge in [-0.15, -0.1) is 6.58 Å². The van der Waals surface area contributed by atoms with Gasteiger partial charge in [0.1, 0.15) is 5.75 Å². The van der Waals surface area contributed by atoms with E-state index in [2.05, 4.69) is 6.58 Å². The van der Waals surface area contributed by atoms with Crippen LogP contribution in [0.3, 0.4) is 0 Å². The van der Waals surface area contributed by atoms with Gasteiger partial charge >= 0.3 is 0 Å². The van der Waals surface area contributed by atoms with Crippen molar-refractivity contribution >= 4 is 28.9 Å². The summed E-state index contributed by atoms with van der Waals surface area (Å²) < 4.78 is 12.2. The van der Waals surface area contributed by atoms with E-state index in [1.165, 1.54) is 0 Å². The number of benzene rings is 2. The lowest BCUT2D eigenvalue weighted by atomic mass is 9.71. The van der Waals surface area contributed by atoms with Crippen LogP contribution in [0.15, 0.2) is 55.1 Å². The largest absolute Gasteiger partial charge is 0.482 e. The van der Waals surface area contributed by atoms with Gasteiger partial charge in [-0.1, -0.05) is 25.1 Å². The lowest BCUT2D eigenvalue weighted by Crippen LogP contribution is -2.46. The van der Waals surface area contributed by atoms with Crippen molar-refractivity contribution in [2.75, 3.05) is 29.6 Å². The molecule has 0 bridgehead atoms. The molecule has 1 saturated heterocycles. The van der Waals surface area contributed by atoms with Crippen LogP contribution >= 0.6 is 0 Å². The second-order valence-electron chi connectivity index (χ2n) is 10.3. The summed E-state index contributed by atoms with van der Waals surface area (Å²) in [5.41, 5.74) is 0.0418. The molecule has 0 saturated carbocycles. The normalized spacial score (nSPS) is 27.3. The second kappa shape index (κ2) is 8.73. The highest BCUT2D eigenvalue weighted by Gasteiger charge is 2.65. The molecule has 2 aromatic rings. The molecule has 5 rings (SSSR count). The minimum atomic E-state index is -1.37. The maximum atomic E-state index is 14.1. The van der Waals surface area contributed by atoms with Gasteiger partial charge in [0.2, 0.25) is 0 Å². The number of hydrogen-bond donors (Lipinski definition) is 2. The number of aliphatic hydroxyl groups excluding tert-OH is 1. The van der Waals surface area contributed by atoms with E-state index in [9.17, 15) is 19.8 Å². The number of aliphatic hydroxyl groups is 2. The fourth-order valence-corrected chi connectivity index (χ4v) is 6.30. The smallest absolute Gasteiger partial charge is 0.269 e. The first-order valence-corrected chi connectivity index (χ1v) is 12.3. The fraction of sp³-hybridized carbons (Fsp3) is 0.429. The number of anilines is 3. The van der Waals surface area contributed by atoms with Gasteiger partial charge in [0.15, 0.2) is 12.2 Å². The fourth-order valence-electron chi connectivity index (χ4n) is 6.30. The third kappa shape index (κ3) is 3.47. The van der Waals surface area contributed by atoms with Crippen molar-refractivity contribution < 1.29 is 29.3 Å². The Morgan fingerprint density at radius 1 is 1.19 bits per heavy atom. The third-order valence-electron chi connectivity index (χ3n) is 7.66. The van der Waals surface area contributed by atoms with Crippen LogP contribution in [0, 0.1) is 11.8 Å². The summed E-state index contributed by atoms with van der Waals surface area (Å²) >= 11 is 0. The highest BCUT2D eigenvalue weighted by Crippen LogP contribution is 2.58. The molecule has 4 atom stereocenters. The summed E-state index contributed by atoms with van der Waals surface area (Å²) in [5, 5.41) is 20.8. The first-order valence-electron chi connectivity index (χ1n) is 12.3. The second-order valence-corrected chi connectivity index (χ2v) is 10.3. The van der Waals surface area contributed by atoms with Crippen molar-refractivity contribution in [1.82, 2.24) is 0 Å². The minimum absolute atomic E-state index is 0.0903. The molecule has 2 N–H and O–H groups in total. The Kier molecular flexibility index (Phi) is 5.94. The zero-order chi connectivity index (χ0) is 25.8. The van der Waals surface area contributed by atoms with E-state index >= 15 is 0 Å². The first kappa shape index (κ1) is 24.5. The number of carbonyl (C=O) groups excluding carboxylic acids is 2. The Morgan fingerprint density at radius 3 is 2.64 bits per heavy atom. The molecule has 0 unspecified atom stereocenters. The molecule has 3 aliphatic rings. The van der Waals surface area contributed by atoms with E-state index in [-0.39, 0.29) is 25.0 Å². The molecule has 2 amide bonds. The van der Waals surface area contributed by atoms with Crippen molar-refractivity contribution in [3.8, 4) is 5.75 Å². The van der Waals surface area contributed by atoms with Gasteiger partial charge in [-0.25, -0.2) is 0 Å². The zero-order valence-corrected chi connectivity index (χ0v) is 20.8. The van der Waals surface area contributed by atoms with Crippen LogP contribution in [0.2, 0.25) is 0 Å². The maximum Gasteiger partial charge on any atom is 0.269 e. The number of rotatable bonds is 6. The van der Waals surface area contributed by atoms with Gasteiger partial charge in [-0.3, -0.25) is 14.5 Å². The lowest BCUT2D eigenvalue weighted by molar-refractivity contribution is -0.146. The van der Waals surface area contributed by atoms with E-state index in [1.807, 2.05) is 49.4 Å². The van der Waals surface area contributed by atoms with E-state index in [1.54, 1.807) is 29.7 Å². The van der Waals surface area contributed by atoms with Gasteiger partial charge < -0.3 is 24.6 Å². The summed E-state index contributed by atoms with van der Waals surface area (Å²) in [5.74, 6) is -0.654. The standard InChI is InChI=1S/C28H32N2O6/c1-5-13-29-20-11-10-18(30-21-8-6-7-9-22(21)35-16-24(30)32)15-19(20)28(26(29)33)17(2)25(27(3,4)34)23(36-28)12-14-31/h5-11,15,17,23,25,31,34H,1,12-14,16H2,2-4H3/t17-,23+,25-,28+/m1/s1. The van der Waals surface area contributed by atoms with Crippen LogP contribution < -0.4 is 14.5 Å². The molecule has 3 aliphatic heterocycles. The number of amides is 2. The number of hydrogen-bond acceptors (Lipinski definition) is 6. The number of carbonyl (C=O) groups is 2. The van der Waals surface area contributed by atoms with Crippen LogP contribution in [0.5, 0.6) is 5.75 Å². The Hall–Kier alpha value is -3.20. The SMILES string of the molecule is C=CCN1C(=O)[C@@]2(O[C@@H](CCO)[C@H](C(C)(C)O)[C@H]2C)c2cc(N3C(=O)COc4ccccc43)ccc21. The molecule has 0 radical (unpaired) electrons. The minimum Gasteiger partial charge on any atom is -0.482 e. The summed E-state index contributed by atoms with van der Waals surface area (Å²) in [6.45, 7) is 9.23. The van der Waals surface area contributed by atoms with Gasteiger partial charge in [-0.2, -0.15) is 0 Å². The molecule has 36 heavy (non-hydrogen) atoms. The van der Waals surface area contributed by atoms with Crippen molar-refractivity contribution in [3.63, 3.8) is 0 Å². The van der Waals surface area contributed by atoms with Crippen molar-refractivity contribution in [1.29, 1.82) is 0 Å². The van der Waals surface area contributed by atoms with Gasteiger partial charge in [0.25, 0.3) is 11.8 Å². The number of para-hydroxylation sites is 2. The van der Waals surface area contributed by atoms with Crippen molar-refractivity contribution in [2.45, 2.75) is 44.5 Å². The Labute approximate surface area is 210 Å². The summed E-state index contributed by atoms with van der Waals surface area (Å²) in [6.07, 6.45) is 1.42. The average molecular weight is 493 g/mol. The average Bonchev–Trinajstić information content (AvgIpc) is 3.26. The summed E-state index contributed by atoms with van der Waals surface area (Å²) in [7, 11) is 0. The highest BCUT2D eigenvalue weighted by molar-refractivity contribution is 6.10. The number of ether oxygens (including phenoxy) is 2. The van der Waals surface area contributed by atoms with E-state index in [0.717, 1.165) is 0 Å². The van der Waals surface area contributed by atoms with E-state index in [4.69, 9.17) is 9.47 Å². The van der Waals surface area contributed by atoms with Crippen molar-refractivity contribution in [3.05, 3.63) is 60.7 Å². The molecule has 0 aromatic heterocycles. The molecule has 1 spiro atoms. The molecule has 8 nitrogen and oxygen atoms in total. The molecule has 190 valence electrons. The zero-order valence-electron chi connectivity index (χ0n) is 20.8. The van der Waals surface area contributed by atoms with Crippen LogP contribution in [0.1, 0.15) is 32.8 Å². The van der Waals surface area contributed by atoms with Crippen LogP contribution in [0.4, 0.5) is 17.1 Å². The van der Waals surface area contributed by atoms with Crippen LogP contribution in [-0.4, -0.2) is 53.5 Å². The van der Waals surface area contributed by atoms with Crippen LogP contribution in [-0.2, 0) is 19.9 Å². The lowest BCUT2D eigenvalue weighted by Gasteiger charge is -2.34. The summed E-state index contributed by atoms with van der Waals surface area (Å²) in [4.78, 5) is 30.3. The Balaban J connectivity index is 1.69. The van der Waals surface area contributed by atoms with Gasteiger partial charge in [0.05, 0.1) is 23.1 Å². The highest BCUT2D eigenvalue weighted by atomic mass is 16.5. The Morgan fingerprint density at radius 2 is 1.94 bits per heavy atom. The molecule has 8 heteroatoms. The monoisotopic (exact) mass is 492 g/mol. The molecular weight excluding hydrogens is 460 g/mol. The summed E-state index contributed by atoms with van der Waals surface area (Å²) in [6, 6.07) is 12.8. The molecular formula is C28H32N2O6. The van der Waals surface area contributed by atoms with Gasteiger partial charge in [0, 0.05) is 36.2 Å². The van der Waals surface area contributed by atoms with Crippen molar-refractivity contribution in [2.24, 2.45) is 11.8 Å². The van der Waals surface area contributed by atoms with E-state index in [0.29, 0.717) is 41.3 Å². The first-order chi connectivity index (χ1) is 17.1. The maximum absolute atomic E-state index is 14.1. The third-order valence-corrected chi connectivity index (χ3v) is 7.66. The number of nitrogens with zero attached hydrogens (tertiary/aromatic N) is 2. The predicted molar refractivity (Wildman–Crippen MR) is 135 cm³/mol. The van der Waals surface area contributed by atoms with Gasteiger partial charge in [-0.05, 0) is 50.6 Å². The molecule has 1 fully saturated rings. The Bertz CT molecular complexity index is 1220. The quantitative estimate of drug-likeness (QED) is 0.601. The van der Waals surface area contributed by atoms with E-state index < -0.39 is 29.1 Å². The topological polar surface area (TPSA) is 99.5 Å². The number of fused-ring (bicyclic) bond motifs is 3. The predicted octanol–water partition coefficient (Wildman–Crippen LogP) is 3.28. The van der Waals surface area contributed by atoms with Crippen LogP contribution in [0.25, 0.3) is 0 Å². The molecule has 0 aliphatic carbocycles.